The normalized spacial score (nSPS) is 13.2. The van der Waals surface area contributed by atoms with E-state index in [0.29, 0.717) is 5.82 Å². The van der Waals surface area contributed by atoms with Gasteiger partial charge in [-0.05, 0) is 45.5 Å². The second-order valence-corrected chi connectivity index (χ2v) is 6.63. The Kier molecular flexibility index (Phi) is 4.86. The molecule has 7 heteroatoms. The predicted molar refractivity (Wildman–Crippen MR) is 79.3 cm³/mol. The number of rotatable bonds is 4. The number of carbonyl (C=O) groups is 1. The van der Waals surface area contributed by atoms with Gasteiger partial charge in [-0.25, -0.2) is 0 Å². The number of nitrogens with zero attached hydrogens (tertiary/aromatic N) is 1. The molecule has 1 atom stereocenters. The largest absolute Gasteiger partial charge is 0.382 e. The third kappa shape index (κ3) is 4.06. The minimum absolute atomic E-state index is 0.0403. The van der Waals surface area contributed by atoms with E-state index >= 15 is 0 Å². The molecule has 1 amide bonds. The molecule has 0 bridgehead atoms. The fourth-order valence-corrected chi connectivity index (χ4v) is 2.94. The molecule has 4 N–H and O–H groups in total. The van der Waals surface area contributed by atoms with Crippen molar-refractivity contribution in [2.45, 2.75) is 44.2 Å². The van der Waals surface area contributed by atoms with Gasteiger partial charge in [0.1, 0.15) is 11.0 Å². The van der Waals surface area contributed by atoms with Gasteiger partial charge in [0.05, 0.1) is 4.90 Å². The number of carbonyl (C=O) groups excluding carboxylic acids is 1. The number of hydrogen-bond acceptors (Lipinski definition) is 6. The molecule has 0 aromatic carbocycles. The van der Waals surface area contributed by atoms with Gasteiger partial charge in [0, 0.05) is 5.54 Å². The van der Waals surface area contributed by atoms with Crippen LogP contribution in [-0.4, -0.2) is 28.1 Å². The average Bonchev–Trinajstić information content (AvgIpc) is 2.56. The quantitative estimate of drug-likeness (QED) is 0.740. The first-order chi connectivity index (χ1) is 8.24. The van der Waals surface area contributed by atoms with Gasteiger partial charge < -0.3 is 16.4 Å². The van der Waals surface area contributed by atoms with Gasteiger partial charge in [0.2, 0.25) is 5.91 Å². The van der Waals surface area contributed by atoms with Crippen LogP contribution < -0.4 is 16.4 Å². The van der Waals surface area contributed by atoms with Gasteiger partial charge in [-0.1, -0.05) is 0 Å². The van der Waals surface area contributed by atoms with E-state index in [1.165, 1.54) is 23.3 Å². The van der Waals surface area contributed by atoms with E-state index < -0.39 is 0 Å². The van der Waals surface area contributed by atoms with Crippen molar-refractivity contribution >= 4 is 40.0 Å². The molecular weight excluding hydrogens is 268 g/mol. The summed E-state index contributed by atoms with van der Waals surface area (Å²) < 4.78 is 4.08. The van der Waals surface area contributed by atoms with Gasteiger partial charge >= 0.3 is 0 Å². The van der Waals surface area contributed by atoms with E-state index in [2.05, 4.69) is 15.0 Å². The van der Waals surface area contributed by atoms with Crippen LogP contribution in [0.1, 0.15) is 27.7 Å². The molecule has 0 fully saturated rings. The van der Waals surface area contributed by atoms with Crippen LogP contribution in [0.15, 0.2) is 4.90 Å². The molecule has 0 saturated heterocycles. The Morgan fingerprint density at radius 2 is 2.11 bits per heavy atom. The van der Waals surface area contributed by atoms with Crippen molar-refractivity contribution in [3.05, 3.63) is 0 Å². The lowest BCUT2D eigenvalue weighted by atomic mass is 10.1. The van der Waals surface area contributed by atoms with Gasteiger partial charge in [-0.15, -0.1) is 11.8 Å². The summed E-state index contributed by atoms with van der Waals surface area (Å²) >= 11 is 2.80. The van der Waals surface area contributed by atoms with Crippen molar-refractivity contribution in [2.75, 3.05) is 17.3 Å². The number of thioether (sulfide) groups is 1. The second-order valence-electron chi connectivity index (χ2n) is 5.04. The first kappa shape index (κ1) is 15.1. The molecule has 0 spiro atoms. The number of amides is 1. The lowest BCUT2D eigenvalue weighted by molar-refractivity contribution is -0.122. The van der Waals surface area contributed by atoms with Crippen LogP contribution in [0.5, 0.6) is 0 Å². The highest BCUT2D eigenvalue weighted by Crippen LogP contribution is 2.34. The summed E-state index contributed by atoms with van der Waals surface area (Å²) in [6.45, 7) is 7.68. The Balaban J connectivity index is 2.69. The van der Waals surface area contributed by atoms with Crippen molar-refractivity contribution in [1.29, 1.82) is 0 Å². The average molecular weight is 288 g/mol. The number of hydrogen-bond donors (Lipinski definition) is 3. The third-order valence-electron chi connectivity index (χ3n) is 2.12. The fraction of sp³-hybridized carbons (Fsp3) is 0.636. The van der Waals surface area contributed by atoms with E-state index in [4.69, 9.17) is 5.73 Å². The lowest BCUT2D eigenvalue weighted by Gasteiger charge is -2.23. The summed E-state index contributed by atoms with van der Waals surface area (Å²) in [5.74, 6) is 0.472. The maximum Gasteiger partial charge on any atom is 0.242 e. The van der Waals surface area contributed by atoms with Crippen LogP contribution in [-0.2, 0) is 4.79 Å². The molecule has 0 radical (unpaired) electrons. The molecule has 1 aromatic rings. The van der Waals surface area contributed by atoms with Crippen molar-refractivity contribution in [3.8, 4) is 0 Å². The monoisotopic (exact) mass is 288 g/mol. The summed E-state index contributed by atoms with van der Waals surface area (Å²) in [6.07, 6.45) is 1.94. The van der Waals surface area contributed by atoms with E-state index in [0.717, 1.165) is 9.90 Å². The molecule has 1 rings (SSSR count). The number of nitrogen functional groups attached to an aromatic ring is 1. The summed E-state index contributed by atoms with van der Waals surface area (Å²) in [5.41, 5.74) is 5.51. The minimum atomic E-state index is -0.324. The fourth-order valence-electron chi connectivity index (χ4n) is 1.32. The topological polar surface area (TPSA) is 80.0 Å². The second kappa shape index (κ2) is 5.79. The zero-order valence-electron chi connectivity index (χ0n) is 11.3. The van der Waals surface area contributed by atoms with Crippen LogP contribution in [0.25, 0.3) is 0 Å². The van der Waals surface area contributed by atoms with Crippen LogP contribution in [0.2, 0.25) is 0 Å². The van der Waals surface area contributed by atoms with Crippen molar-refractivity contribution < 1.29 is 4.79 Å². The van der Waals surface area contributed by atoms with Gasteiger partial charge in [0.25, 0.3) is 0 Å². The molecule has 1 unspecified atom stereocenters. The highest BCUT2D eigenvalue weighted by Gasteiger charge is 2.21. The first-order valence-electron chi connectivity index (χ1n) is 5.62. The van der Waals surface area contributed by atoms with Crippen LogP contribution in [0, 0.1) is 0 Å². The molecule has 0 aliphatic carbocycles. The zero-order valence-corrected chi connectivity index (χ0v) is 13.0. The van der Waals surface area contributed by atoms with Gasteiger partial charge in [-0.3, -0.25) is 4.79 Å². The van der Waals surface area contributed by atoms with E-state index in [-0.39, 0.29) is 17.5 Å². The maximum atomic E-state index is 11.9. The Bertz CT molecular complexity index is 425. The van der Waals surface area contributed by atoms with Crippen LogP contribution in [0.4, 0.5) is 10.8 Å². The van der Waals surface area contributed by atoms with E-state index in [1.807, 2.05) is 34.0 Å². The van der Waals surface area contributed by atoms with Crippen molar-refractivity contribution in [2.24, 2.45) is 0 Å². The highest BCUT2D eigenvalue weighted by atomic mass is 32.2. The van der Waals surface area contributed by atoms with E-state index in [9.17, 15) is 4.79 Å². The molecular formula is C11H20N4OS2. The standard InChI is InChI=1S/C11H20N4OS2/c1-6(9(16)14-11(2,3)4)13-10-7(17-5)8(12)15-18-10/h6,13H,1-5H3,(H2,12,15)(H,14,16). The molecule has 1 heterocycles. The number of nitrogens with one attached hydrogen (secondary N) is 2. The number of nitrogens with two attached hydrogens (primary N) is 1. The number of anilines is 2. The Morgan fingerprint density at radius 3 is 2.61 bits per heavy atom. The summed E-state index contributed by atoms with van der Waals surface area (Å²) in [7, 11) is 0. The Labute approximate surface area is 116 Å². The van der Waals surface area contributed by atoms with Crippen LogP contribution >= 0.6 is 23.3 Å². The highest BCUT2D eigenvalue weighted by molar-refractivity contribution is 7.99. The zero-order chi connectivity index (χ0) is 13.9. The molecule has 0 aliphatic rings. The molecule has 0 aliphatic heterocycles. The smallest absolute Gasteiger partial charge is 0.242 e. The maximum absolute atomic E-state index is 11.9. The SMILES string of the molecule is CSc1c(N)nsc1NC(C)C(=O)NC(C)(C)C. The summed E-state index contributed by atoms with van der Waals surface area (Å²) in [6, 6.07) is -0.324. The molecule has 18 heavy (non-hydrogen) atoms. The Hall–Kier alpha value is -0.950. The molecule has 102 valence electrons. The summed E-state index contributed by atoms with van der Waals surface area (Å²) in [5, 5.41) is 6.92. The van der Waals surface area contributed by atoms with Crippen LogP contribution in [0.3, 0.4) is 0 Å². The van der Waals surface area contributed by atoms with Crippen molar-refractivity contribution in [1.82, 2.24) is 9.69 Å². The lowest BCUT2D eigenvalue weighted by Crippen LogP contribution is -2.47. The third-order valence-corrected chi connectivity index (χ3v) is 3.86. The number of aromatic nitrogens is 1. The Morgan fingerprint density at radius 1 is 1.50 bits per heavy atom. The molecule has 0 saturated carbocycles. The minimum Gasteiger partial charge on any atom is -0.382 e. The summed E-state index contributed by atoms with van der Waals surface area (Å²) in [4.78, 5) is 12.8. The van der Waals surface area contributed by atoms with Crippen molar-refractivity contribution in [3.63, 3.8) is 0 Å². The molecule has 1 aromatic heterocycles. The first-order valence-corrected chi connectivity index (χ1v) is 7.62. The van der Waals surface area contributed by atoms with Gasteiger partial charge in [0.15, 0.2) is 5.82 Å². The molecule has 5 nitrogen and oxygen atoms in total. The van der Waals surface area contributed by atoms with E-state index in [1.54, 1.807) is 0 Å². The van der Waals surface area contributed by atoms with Gasteiger partial charge in [-0.2, -0.15) is 4.37 Å². The predicted octanol–water partition coefficient (Wildman–Crippen LogP) is 2.16.